The Morgan fingerprint density at radius 1 is 1.59 bits per heavy atom. The van der Waals surface area contributed by atoms with Crippen molar-refractivity contribution >= 4 is 5.82 Å². The number of hydrazine groups is 1. The van der Waals surface area contributed by atoms with Gasteiger partial charge in [-0.1, -0.05) is 6.07 Å². The van der Waals surface area contributed by atoms with Crippen LogP contribution in [0.3, 0.4) is 0 Å². The number of aromatic nitrogens is 1. The standard InChI is InChI=1S/C12H20N4O/c13-12-10(2-1-4-15-12)7-11(16-14)6-9-3-5-17-8-9/h1-2,4,9,11,16H,3,5-8,14H2,(H2,13,15). The van der Waals surface area contributed by atoms with Gasteiger partial charge in [-0.05, 0) is 36.8 Å². The summed E-state index contributed by atoms with van der Waals surface area (Å²) in [4.78, 5) is 4.08. The smallest absolute Gasteiger partial charge is 0.126 e. The molecule has 1 aromatic rings. The summed E-state index contributed by atoms with van der Waals surface area (Å²) in [6.45, 7) is 1.72. The maximum Gasteiger partial charge on any atom is 0.126 e. The van der Waals surface area contributed by atoms with E-state index in [0.717, 1.165) is 38.0 Å². The largest absolute Gasteiger partial charge is 0.383 e. The third kappa shape index (κ3) is 3.39. The molecule has 0 saturated carbocycles. The number of nitrogens with zero attached hydrogens (tertiary/aromatic N) is 1. The van der Waals surface area contributed by atoms with Gasteiger partial charge >= 0.3 is 0 Å². The molecule has 1 aromatic heterocycles. The van der Waals surface area contributed by atoms with Crippen LogP contribution >= 0.6 is 0 Å². The molecule has 5 N–H and O–H groups in total. The topological polar surface area (TPSA) is 86.2 Å². The third-order valence-corrected chi connectivity index (χ3v) is 3.27. The lowest BCUT2D eigenvalue weighted by molar-refractivity contribution is 0.181. The van der Waals surface area contributed by atoms with Gasteiger partial charge in [0, 0.05) is 25.5 Å². The third-order valence-electron chi connectivity index (χ3n) is 3.27. The van der Waals surface area contributed by atoms with Crippen LogP contribution in [0.2, 0.25) is 0 Å². The van der Waals surface area contributed by atoms with Crippen molar-refractivity contribution in [2.45, 2.75) is 25.3 Å². The molecule has 0 bridgehead atoms. The van der Waals surface area contributed by atoms with Crippen molar-refractivity contribution in [1.82, 2.24) is 10.4 Å². The van der Waals surface area contributed by atoms with Gasteiger partial charge in [-0.2, -0.15) is 0 Å². The maximum atomic E-state index is 5.83. The minimum Gasteiger partial charge on any atom is -0.383 e. The molecule has 0 spiro atoms. The molecule has 2 atom stereocenters. The SMILES string of the molecule is NNC(Cc1cccnc1N)CC1CCOC1. The van der Waals surface area contributed by atoms with Gasteiger partial charge in [0.2, 0.25) is 0 Å². The average Bonchev–Trinajstić information content (AvgIpc) is 2.84. The molecule has 0 radical (unpaired) electrons. The van der Waals surface area contributed by atoms with Crippen LogP contribution in [0.5, 0.6) is 0 Å². The minimum absolute atomic E-state index is 0.230. The summed E-state index contributed by atoms with van der Waals surface area (Å²) < 4.78 is 5.37. The Kier molecular flexibility index (Phi) is 4.30. The summed E-state index contributed by atoms with van der Waals surface area (Å²) in [6.07, 6.45) is 4.66. The van der Waals surface area contributed by atoms with Gasteiger partial charge in [0.15, 0.2) is 0 Å². The summed E-state index contributed by atoms with van der Waals surface area (Å²) in [6, 6.07) is 4.13. The van der Waals surface area contributed by atoms with E-state index in [1.54, 1.807) is 6.20 Å². The molecule has 0 aromatic carbocycles. The first-order valence-electron chi connectivity index (χ1n) is 6.03. The Balaban J connectivity index is 1.92. The molecule has 17 heavy (non-hydrogen) atoms. The van der Waals surface area contributed by atoms with Gasteiger partial charge < -0.3 is 10.5 Å². The Labute approximate surface area is 102 Å². The van der Waals surface area contributed by atoms with Gasteiger partial charge in [0.25, 0.3) is 0 Å². The van der Waals surface area contributed by atoms with Crippen LogP contribution in [0.4, 0.5) is 5.82 Å². The number of nitrogens with one attached hydrogen (secondary N) is 1. The van der Waals surface area contributed by atoms with E-state index in [9.17, 15) is 0 Å². The first kappa shape index (κ1) is 12.3. The highest BCUT2D eigenvalue weighted by Crippen LogP contribution is 2.20. The van der Waals surface area contributed by atoms with Crippen molar-refractivity contribution in [2.75, 3.05) is 18.9 Å². The number of anilines is 1. The Hall–Kier alpha value is -1.17. The van der Waals surface area contributed by atoms with Crippen molar-refractivity contribution in [3.8, 4) is 0 Å². The van der Waals surface area contributed by atoms with E-state index >= 15 is 0 Å². The molecule has 5 heteroatoms. The zero-order valence-corrected chi connectivity index (χ0v) is 9.93. The molecule has 1 fully saturated rings. The number of ether oxygens (including phenoxy) is 1. The maximum absolute atomic E-state index is 5.83. The molecule has 1 aliphatic heterocycles. The molecule has 0 aliphatic carbocycles. The molecule has 1 saturated heterocycles. The zero-order valence-electron chi connectivity index (χ0n) is 9.93. The fourth-order valence-electron chi connectivity index (χ4n) is 2.27. The fourth-order valence-corrected chi connectivity index (χ4v) is 2.27. The van der Waals surface area contributed by atoms with E-state index in [0.29, 0.717) is 11.7 Å². The summed E-state index contributed by atoms with van der Waals surface area (Å²) in [7, 11) is 0. The minimum atomic E-state index is 0.230. The van der Waals surface area contributed by atoms with Crippen molar-refractivity contribution in [3.63, 3.8) is 0 Å². The highest BCUT2D eigenvalue weighted by Gasteiger charge is 2.20. The van der Waals surface area contributed by atoms with Crippen molar-refractivity contribution in [2.24, 2.45) is 11.8 Å². The second kappa shape index (κ2) is 5.95. The van der Waals surface area contributed by atoms with E-state index in [2.05, 4.69) is 10.4 Å². The van der Waals surface area contributed by atoms with E-state index in [4.69, 9.17) is 16.3 Å². The van der Waals surface area contributed by atoms with Crippen LogP contribution in [0, 0.1) is 5.92 Å². The number of nitrogens with two attached hydrogens (primary N) is 2. The average molecular weight is 236 g/mol. The van der Waals surface area contributed by atoms with Gasteiger partial charge in [-0.25, -0.2) is 4.98 Å². The number of rotatable bonds is 5. The number of pyridine rings is 1. The normalized spacial score (nSPS) is 21.6. The van der Waals surface area contributed by atoms with Crippen LogP contribution in [0.25, 0.3) is 0 Å². The van der Waals surface area contributed by atoms with E-state index in [1.807, 2.05) is 12.1 Å². The van der Waals surface area contributed by atoms with Gasteiger partial charge in [0.05, 0.1) is 0 Å². The van der Waals surface area contributed by atoms with Crippen molar-refractivity contribution in [1.29, 1.82) is 0 Å². The number of nitrogen functional groups attached to an aromatic ring is 1. The van der Waals surface area contributed by atoms with E-state index < -0.39 is 0 Å². The molecular formula is C12H20N4O. The van der Waals surface area contributed by atoms with Crippen LogP contribution < -0.4 is 17.0 Å². The van der Waals surface area contributed by atoms with Gasteiger partial charge in [0.1, 0.15) is 5.82 Å². The van der Waals surface area contributed by atoms with Gasteiger partial charge in [-0.3, -0.25) is 11.3 Å². The Bertz CT molecular complexity index is 352. The lowest BCUT2D eigenvalue weighted by Gasteiger charge is -2.19. The molecule has 1 aliphatic rings. The highest BCUT2D eigenvalue weighted by molar-refractivity contribution is 5.38. The zero-order chi connectivity index (χ0) is 12.1. The fraction of sp³-hybridized carbons (Fsp3) is 0.583. The molecule has 2 heterocycles. The molecule has 5 nitrogen and oxygen atoms in total. The summed E-state index contributed by atoms with van der Waals surface area (Å²) >= 11 is 0. The molecule has 94 valence electrons. The first-order chi connectivity index (χ1) is 8.29. The number of hydrogen-bond acceptors (Lipinski definition) is 5. The quantitative estimate of drug-likeness (QED) is 0.511. The second-order valence-electron chi connectivity index (χ2n) is 4.58. The van der Waals surface area contributed by atoms with Crippen LogP contribution in [0.1, 0.15) is 18.4 Å². The Morgan fingerprint density at radius 2 is 2.47 bits per heavy atom. The van der Waals surface area contributed by atoms with Crippen LogP contribution in [-0.4, -0.2) is 24.2 Å². The number of hydrogen-bond donors (Lipinski definition) is 3. The molecular weight excluding hydrogens is 216 g/mol. The highest BCUT2D eigenvalue weighted by atomic mass is 16.5. The Morgan fingerprint density at radius 3 is 3.12 bits per heavy atom. The van der Waals surface area contributed by atoms with Crippen molar-refractivity contribution in [3.05, 3.63) is 23.9 Å². The van der Waals surface area contributed by atoms with Crippen molar-refractivity contribution < 1.29 is 4.74 Å². The van der Waals surface area contributed by atoms with Crippen LogP contribution in [0.15, 0.2) is 18.3 Å². The monoisotopic (exact) mass is 236 g/mol. The lowest BCUT2D eigenvalue weighted by atomic mass is 9.95. The predicted molar refractivity (Wildman–Crippen MR) is 67.0 cm³/mol. The molecule has 2 rings (SSSR count). The van der Waals surface area contributed by atoms with Crippen LogP contribution in [-0.2, 0) is 11.2 Å². The molecule has 2 unspecified atom stereocenters. The second-order valence-corrected chi connectivity index (χ2v) is 4.58. The van der Waals surface area contributed by atoms with Gasteiger partial charge in [-0.15, -0.1) is 0 Å². The van der Waals surface area contributed by atoms with E-state index in [1.165, 1.54) is 0 Å². The first-order valence-corrected chi connectivity index (χ1v) is 6.03. The molecule has 0 amide bonds. The summed E-state index contributed by atoms with van der Waals surface area (Å²) in [5, 5.41) is 0. The predicted octanol–water partition coefficient (Wildman–Crippen LogP) is 0.465. The lowest BCUT2D eigenvalue weighted by Crippen LogP contribution is -2.38. The van der Waals surface area contributed by atoms with E-state index in [-0.39, 0.29) is 6.04 Å². The summed E-state index contributed by atoms with van der Waals surface area (Å²) in [5.74, 6) is 6.80. The summed E-state index contributed by atoms with van der Waals surface area (Å²) in [5.41, 5.74) is 9.74.